The zero-order valence-corrected chi connectivity index (χ0v) is 17.5. The van der Waals surface area contributed by atoms with Crippen LogP contribution < -0.4 is 11.1 Å². The maximum absolute atomic E-state index is 12.7. The highest BCUT2D eigenvalue weighted by molar-refractivity contribution is 6.13. The van der Waals surface area contributed by atoms with Crippen LogP contribution in [-0.4, -0.2) is 46.3 Å². The van der Waals surface area contributed by atoms with E-state index < -0.39 is 4.92 Å². The largest absolute Gasteiger partial charge is 0.369 e. The molecule has 9 heteroatoms. The lowest BCUT2D eigenvalue weighted by Gasteiger charge is -2.30. The first-order valence-corrected chi connectivity index (χ1v) is 10.6. The summed E-state index contributed by atoms with van der Waals surface area (Å²) in [5.74, 6) is -0.535. The topological polar surface area (TPSA) is 134 Å². The Labute approximate surface area is 184 Å². The number of hydrogen-bond acceptors (Lipinski definition) is 5. The molecule has 0 saturated carbocycles. The SMILES string of the molecule is NC(=O)C1CCN(CCc2ccc(NC(=O)c3c[nH]c4ccc([N+](=O)[O-])cc34)cc2)CC1. The number of likely N-dealkylation sites (tertiary alicyclic amines) is 1. The lowest BCUT2D eigenvalue weighted by Crippen LogP contribution is -2.39. The number of hydrogen-bond donors (Lipinski definition) is 3. The summed E-state index contributed by atoms with van der Waals surface area (Å²) in [7, 11) is 0. The number of non-ortho nitro benzene ring substituents is 1. The monoisotopic (exact) mass is 435 g/mol. The molecule has 0 spiro atoms. The van der Waals surface area contributed by atoms with Crippen molar-refractivity contribution in [3.8, 4) is 0 Å². The van der Waals surface area contributed by atoms with Crippen molar-refractivity contribution in [2.24, 2.45) is 11.7 Å². The molecule has 1 aromatic heterocycles. The molecule has 0 radical (unpaired) electrons. The molecule has 4 rings (SSSR count). The average Bonchev–Trinajstić information content (AvgIpc) is 3.22. The molecule has 9 nitrogen and oxygen atoms in total. The van der Waals surface area contributed by atoms with Gasteiger partial charge in [0.05, 0.1) is 10.5 Å². The van der Waals surface area contributed by atoms with Gasteiger partial charge in [0.25, 0.3) is 11.6 Å². The fourth-order valence-electron chi connectivity index (χ4n) is 4.09. The minimum Gasteiger partial charge on any atom is -0.369 e. The number of anilines is 1. The van der Waals surface area contributed by atoms with Crippen LogP contribution in [0.5, 0.6) is 0 Å². The van der Waals surface area contributed by atoms with Crippen molar-refractivity contribution in [3.63, 3.8) is 0 Å². The van der Waals surface area contributed by atoms with Crippen LogP contribution in [0.15, 0.2) is 48.7 Å². The first-order valence-electron chi connectivity index (χ1n) is 10.6. The zero-order valence-electron chi connectivity index (χ0n) is 17.5. The molecule has 0 aliphatic carbocycles. The highest BCUT2D eigenvalue weighted by Crippen LogP contribution is 2.24. The molecule has 2 aromatic carbocycles. The van der Waals surface area contributed by atoms with Gasteiger partial charge in [0.1, 0.15) is 0 Å². The summed E-state index contributed by atoms with van der Waals surface area (Å²) in [5.41, 5.74) is 8.15. The number of primary amides is 1. The molecule has 0 bridgehead atoms. The Kier molecular flexibility index (Phi) is 6.18. The summed E-state index contributed by atoms with van der Waals surface area (Å²) < 4.78 is 0. The fourth-order valence-corrected chi connectivity index (χ4v) is 4.09. The van der Waals surface area contributed by atoms with E-state index in [0.29, 0.717) is 22.2 Å². The Morgan fingerprint density at radius 3 is 2.53 bits per heavy atom. The number of nitro benzene ring substituents is 1. The van der Waals surface area contributed by atoms with Gasteiger partial charge in [-0.15, -0.1) is 0 Å². The number of carbonyl (C=O) groups is 2. The van der Waals surface area contributed by atoms with E-state index >= 15 is 0 Å². The van der Waals surface area contributed by atoms with Crippen LogP contribution in [0, 0.1) is 16.0 Å². The van der Waals surface area contributed by atoms with Crippen molar-refractivity contribution in [2.45, 2.75) is 19.3 Å². The molecule has 0 atom stereocenters. The average molecular weight is 435 g/mol. The van der Waals surface area contributed by atoms with Crippen molar-refractivity contribution < 1.29 is 14.5 Å². The van der Waals surface area contributed by atoms with Gasteiger partial charge in [0.15, 0.2) is 0 Å². The summed E-state index contributed by atoms with van der Waals surface area (Å²) >= 11 is 0. The van der Waals surface area contributed by atoms with Crippen LogP contribution in [0.4, 0.5) is 11.4 Å². The van der Waals surface area contributed by atoms with Crippen molar-refractivity contribution in [1.29, 1.82) is 0 Å². The van der Waals surface area contributed by atoms with Crippen molar-refractivity contribution >= 4 is 34.1 Å². The van der Waals surface area contributed by atoms with Crippen LogP contribution in [-0.2, 0) is 11.2 Å². The number of fused-ring (bicyclic) bond motifs is 1. The summed E-state index contributed by atoms with van der Waals surface area (Å²) in [4.78, 5) is 39.9. The Hall–Kier alpha value is -3.72. The number of carbonyl (C=O) groups excluding carboxylic acids is 2. The quantitative estimate of drug-likeness (QED) is 0.387. The van der Waals surface area contributed by atoms with Crippen LogP contribution in [0.1, 0.15) is 28.8 Å². The van der Waals surface area contributed by atoms with Crippen LogP contribution in [0.25, 0.3) is 10.9 Å². The van der Waals surface area contributed by atoms with Crippen molar-refractivity contribution in [3.05, 3.63) is 69.9 Å². The van der Waals surface area contributed by atoms with Gasteiger partial charge in [-0.05, 0) is 56.1 Å². The Morgan fingerprint density at radius 2 is 1.88 bits per heavy atom. The van der Waals surface area contributed by atoms with Crippen LogP contribution in [0.3, 0.4) is 0 Å². The third-order valence-electron chi connectivity index (χ3n) is 6.04. The van der Waals surface area contributed by atoms with Crippen LogP contribution in [0.2, 0.25) is 0 Å². The van der Waals surface area contributed by atoms with E-state index in [-0.39, 0.29) is 23.4 Å². The van der Waals surface area contributed by atoms with E-state index in [9.17, 15) is 19.7 Å². The molecule has 2 amide bonds. The third-order valence-corrected chi connectivity index (χ3v) is 6.04. The molecule has 3 aromatic rings. The van der Waals surface area contributed by atoms with Gasteiger partial charge in [-0.25, -0.2) is 0 Å². The summed E-state index contributed by atoms with van der Waals surface area (Å²) in [6.45, 7) is 2.67. The first kappa shape index (κ1) is 21.5. The molecule has 1 aliphatic rings. The van der Waals surface area contributed by atoms with Crippen molar-refractivity contribution in [2.75, 3.05) is 25.0 Å². The van der Waals surface area contributed by atoms with Gasteiger partial charge < -0.3 is 20.9 Å². The fraction of sp³-hybridized carbons (Fsp3) is 0.304. The smallest absolute Gasteiger partial charge is 0.270 e. The number of benzene rings is 2. The number of aromatic amines is 1. The molecule has 2 heterocycles. The second kappa shape index (κ2) is 9.19. The van der Waals surface area contributed by atoms with E-state index in [2.05, 4.69) is 15.2 Å². The number of nitrogens with two attached hydrogens (primary N) is 1. The number of aromatic nitrogens is 1. The number of nitro groups is 1. The zero-order chi connectivity index (χ0) is 22.7. The number of nitrogens with zero attached hydrogens (tertiary/aromatic N) is 2. The molecular weight excluding hydrogens is 410 g/mol. The van der Waals surface area contributed by atoms with E-state index in [4.69, 9.17) is 5.73 Å². The Balaban J connectivity index is 1.34. The van der Waals surface area contributed by atoms with Gasteiger partial charge in [-0.2, -0.15) is 0 Å². The summed E-state index contributed by atoms with van der Waals surface area (Å²) in [6.07, 6.45) is 4.07. The summed E-state index contributed by atoms with van der Waals surface area (Å²) in [5, 5.41) is 14.4. The lowest BCUT2D eigenvalue weighted by atomic mass is 9.96. The highest BCUT2D eigenvalue weighted by atomic mass is 16.6. The van der Waals surface area contributed by atoms with E-state index in [0.717, 1.165) is 44.5 Å². The normalized spacial score (nSPS) is 15.0. The minimum atomic E-state index is -0.479. The molecule has 1 fully saturated rings. The maximum Gasteiger partial charge on any atom is 0.270 e. The predicted molar refractivity (Wildman–Crippen MR) is 121 cm³/mol. The molecule has 4 N–H and O–H groups in total. The third kappa shape index (κ3) is 4.78. The maximum atomic E-state index is 12.7. The standard InChI is InChI=1S/C23H25N5O4/c24-22(29)16-8-11-27(12-9-16)10-7-15-1-3-17(4-2-15)26-23(30)20-14-25-21-6-5-18(28(31)32)13-19(20)21/h1-6,13-14,16,25H,7-12H2,(H2,24,29)(H,26,30). The van der Waals surface area contributed by atoms with E-state index in [1.807, 2.05) is 24.3 Å². The highest BCUT2D eigenvalue weighted by Gasteiger charge is 2.22. The van der Waals surface area contributed by atoms with Gasteiger partial charge in [0.2, 0.25) is 5.91 Å². The number of amides is 2. The lowest BCUT2D eigenvalue weighted by molar-refractivity contribution is -0.384. The van der Waals surface area contributed by atoms with E-state index in [1.165, 1.54) is 12.1 Å². The van der Waals surface area contributed by atoms with E-state index in [1.54, 1.807) is 12.3 Å². The Bertz CT molecular complexity index is 1150. The molecular formula is C23H25N5O4. The van der Waals surface area contributed by atoms with Crippen LogP contribution >= 0.6 is 0 Å². The Morgan fingerprint density at radius 1 is 1.16 bits per heavy atom. The second-order valence-corrected chi connectivity index (χ2v) is 8.11. The number of H-pyrrole nitrogens is 1. The minimum absolute atomic E-state index is 0.00238. The number of rotatable bonds is 7. The second-order valence-electron chi connectivity index (χ2n) is 8.11. The number of piperidine rings is 1. The molecule has 0 unspecified atom stereocenters. The van der Waals surface area contributed by atoms with Gasteiger partial charge in [-0.1, -0.05) is 12.1 Å². The first-order chi connectivity index (χ1) is 15.4. The molecule has 1 aliphatic heterocycles. The van der Waals surface area contributed by atoms with Crippen molar-refractivity contribution in [1.82, 2.24) is 9.88 Å². The molecule has 1 saturated heterocycles. The van der Waals surface area contributed by atoms with Gasteiger partial charge >= 0.3 is 0 Å². The van der Waals surface area contributed by atoms with Gasteiger partial charge in [0, 0.05) is 47.4 Å². The van der Waals surface area contributed by atoms with Gasteiger partial charge in [-0.3, -0.25) is 19.7 Å². The number of nitrogens with one attached hydrogen (secondary N) is 2. The predicted octanol–water partition coefficient (Wildman–Crippen LogP) is 3.07. The summed E-state index contributed by atoms with van der Waals surface area (Å²) in [6, 6.07) is 12.1. The molecule has 32 heavy (non-hydrogen) atoms. The molecule has 166 valence electrons.